The molecular formula is C11H16ClNO5S2. The van der Waals surface area contributed by atoms with Gasteiger partial charge in [-0.3, -0.25) is 0 Å². The molecule has 1 aromatic carbocycles. The van der Waals surface area contributed by atoms with Gasteiger partial charge in [-0.15, -0.1) is 0 Å². The average molecular weight is 342 g/mol. The van der Waals surface area contributed by atoms with Crippen LogP contribution in [0.1, 0.15) is 5.56 Å². The molecule has 0 aliphatic carbocycles. The highest BCUT2D eigenvalue weighted by Crippen LogP contribution is 2.25. The lowest BCUT2D eigenvalue weighted by Gasteiger charge is -2.18. The number of sulfonamides is 1. The van der Waals surface area contributed by atoms with Crippen molar-refractivity contribution in [1.82, 2.24) is 4.31 Å². The number of rotatable bonds is 6. The fourth-order valence-electron chi connectivity index (χ4n) is 1.43. The fraction of sp³-hybridized carbons (Fsp3) is 0.455. The van der Waals surface area contributed by atoms with Crippen molar-refractivity contribution in [2.75, 3.05) is 25.6 Å². The smallest absolute Gasteiger partial charge is 0.244 e. The number of hydrogen-bond acceptors (Lipinski definition) is 5. The predicted octanol–water partition coefficient (Wildman–Crippen LogP) is 0.497. The van der Waals surface area contributed by atoms with Gasteiger partial charge in [0, 0.05) is 19.8 Å². The van der Waals surface area contributed by atoms with Crippen LogP contribution in [0.15, 0.2) is 23.1 Å². The van der Waals surface area contributed by atoms with Crippen molar-refractivity contribution in [3.63, 3.8) is 0 Å². The first kappa shape index (κ1) is 17.4. The number of hydrogen-bond donors (Lipinski definition) is 1. The minimum atomic E-state index is -3.90. The average Bonchev–Trinajstić information content (AvgIpc) is 2.35. The Morgan fingerprint density at radius 3 is 2.35 bits per heavy atom. The summed E-state index contributed by atoms with van der Waals surface area (Å²) in [4.78, 5) is -0.151. The second kappa shape index (κ2) is 6.40. The topological polar surface area (TPSA) is 91.8 Å². The van der Waals surface area contributed by atoms with E-state index in [1.165, 1.54) is 25.2 Å². The maximum absolute atomic E-state index is 12.3. The molecule has 6 nitrogen and oxygen atoms in total. The minimum Gasteiger partial charge on any atom is -0.392 e. The zero-order valence-corrected chi connectivity index (χ0v) is 13.5. The standard InChI is InChI=1S/C11H16ClNO5S2/c1-13(5-6-19(2,15)16)20(17,18)11-7-9(8-14)3-4-10(11)12/h3-4,7,14H,5-6,8H2,1-2H3. The highest BCUT2D eigenvalue weighted by atomic mass is 35.5. The van der Waals surface area contributed by atoms with Gasteiger partial charge >= 0.3 is 0 Å². The van der Waals surface area contributed by atoms with E-state index < -0.39 is 19.9 Å². The Bertz CT molecular complexity index is 685. The Balaban J connectivity index is 3.10. The summed E-state index contributed by atoms with van der Waals surface area (Å²) in [5.41, 5.74) is 0.407. The summed E-state index contributed by atoms with van der Waals surface area (Å²) >= 11 is 5.87. The molecule has 0 aliphatic rings. The van der Waals surface area contributed by atoms with Gasteiger partial charge in [0.15, 0.2) is 0 Å². The van der Waals surface area contributed by atoms with E-state index in [1.807, 2.05) is 0 Å². The van der Waals surface area contributed by atoms with E-state index in [0.717, 1.165) is 10.6 Å². The van der Waals surface area contributed by atoms with Crippen LogP contribution in [-0.4, -0.2) is 51.8 Å². The van der Waals surface area contributed by atoms with Crippen molar-refractivity contribution in [3.05, 3.63) is 28.8 Å². The quantitative estimate of drug-likeness (QED) is 0.813. The first-order chi connectivity index (χ1) is 9.08. The van der Waals surface area contributed by atoms with Gasteiger partial charge in [0.25, 0.3) is 0 Å². The summed E-state index contributed by atoms with van der Waals surface area (Å²) < 4.78 is 47.7. The van der Waals surface area contributed by atoms with Gasteiger partial charge in [-0.25, -0.2) is 16.8 Å². The predicted molar refractivity (Wildman–Crippen MR) is 76.9 cm³/mol. The molecule has 0 amide bonds. The molecule has 0 radical (unpaired) electrons. The lowest BCUT2D eigenvalue weighted by molar-refractivity contribution is 0.281. The Kier molecular flexibility index (Phi) is 5.56. The van der Waals surface area contributed by atoms with E-state index in [9.17, 15) is 16.8 Å². The van der Waals surface area contributed by atoms with Crippen LogP contribution in [-0.2, 0) is 26.5 Å². The second-order valence-electron chi connectivity index (χ2n) is 4.38. The van der Waals surface area contributed by atoms with Gasteiger partial charge in [0.1, 0.15) is 14.7 Å². The van der Waals surface area contributed by atoms with Crippen molar-refractivity contribution in [2.45, 2.75) is 11.5 Å². The third kappa shape index (κ3) is 4.42. The third-order valence-corrected chi connectivity index (χ3v) is 5.91. The highest BCUT2D eigenvalue weighted by Gasteiger charge is 2.24. The van der Waals surface area contributed by atoms with Crippen molar-refractivity contribution in [1.29, 1.82) is 0 Å². The van der Waals surface area contributed by atoms with Crippen molar-refractivity contribution in [2.24, 2.45) is 0 Å². The lowest BCUT2D eigenvalue weighted by atomic mass is 10.2. The summed E-state index contributed by atoms with van der Waals surface area (Å²) in [6.07, 6.45) is 1.03. The molecule has 0 aliphatic heterocycles. The normalized spacial score (nSPS) is 12.8. The largest absolute Gasteiger partial charge is 0.392 e. The number of sulfone groups is 1. The molecule has 1 aromatic rings. The monoisotopic (exact) mass is 341 g/mol. The van der Waals surface area contributed by atoms with Crippen molar-refractivity contribution < 1.29 is 21.9 Å². The summed E-state index contributed by atoms with van der Waals surface area (Å²) in [7, 11) is -5.88. The molecule has 0 saturated carbocycles. The van der Waals surface area contributed by atoms with E-state index in [4.69, 9.17) is 16.7 Å². The molecule has 114 valence electrons. The summed E-state index contributed by atoms with van der Waals surface area (Å²) in [6.45, 7) is -0.479. The maximum atomic E-state index is 12.3. The molecule has 1 rings (SSSR count). The second-order valence-corrected chi connectivity index (χ2v) is 9.06. The van der Waals surface area contributed by atoms with Gasteiger partial charge in [-0.1, -0.05) is 17.7 Å². The molecule has 0 fully saturated rings. The molecule has 0 bridgehead atoms. The first-order valence-electron chi connectivity index (χ1n) is 5.61. The maximum Gasteiger partial charge on any atom is 0.244 e. The van der Waals surface area contributed by atoms with Gasteiger partial charge in [-0.05, 0) is 17.7 Å². The van der Waals surface area contributed by atoms with Crippen LogP contribution in [0.2, 0.25) is 5.02 Å². The molecular weight excluding hydrogens is 326 g/mol. The van der Waals surface area contributed by atoms with Crippen LogP contribution in [0.5, 0.6) is 0 Å². The number of aliphatic hydroxyl groups is 1. The van der Waals surface area contributed by atoms with Gasteiger partial charge < -0.3 is 5.11 Å². The van der Waals surface area contributed by atoms with Gasteiger partial charge in [-0.2, -0.15) is 4.31 Å². The SMILES string of the molecule is CN(CCS(C)(=O)=O)S(=O)(=O)c1cc(CO)ccc1Cl. The molecule has 0 aromatic heterocycles. The van der Waals surface area contributed by atoms with E-state index >= 15 is 0 Å². The van der Waals surface area contributed by atoms with E-state index in [0.29, 0.717) is 5.56 Å². The first-order valence-corrected chi connectivity index (χ1v) is 9.49. The van der Waals surface area contributed by atoms with Gasteiger partial charge in [0.05, 0.1) is 17.4 Å². The number of benzene rings is 1. The molecule has 20 heavy (non-hydrogen) atoms. The molecule has 0 atom stereocenters. The van der Waals surface area contributed by atoms with E-state index in [2.05, 4.69) is 0 Å². The van der Waals surface area contributed by atoms with Crippen LogP contribution in [0.3, 0.4) is 0 Å². The van der Waals surface area contributed by atoms with Crippen LogP contribution in [0.25, 0.3) is 0 Å². The molecule has 0 spiro atoms. The zero-order valence-electron chi connectivity index (χ0n) is 11.1. The number of halogens is 1. The Morgan fingerprint density at radius 2 is 1.85 bits per heavy atom. The Hall–Kier alpha value is -0.670. The zero-order chi connectivity index (χ0) is 15.6. The molecule has 9 heteroatoms. The Morgan fingerprint density at radius 1 is 1.25 bits per heavy atom. The summed E-state index contributed by atoms with van der Waals surface area (Å²) in [5.74, 6) is -0.278. The molecule has 0 saturated heterocycles. The summed E-state index contributed by atoms with van der Waals surface area (Å²) in [6, 6.07) is 4.16. The van der Waals surface area contributed by atoms with Crippen LogP contribution >= 0.6 is 11.6 Å². The Labute approximate surface area is 123 Å². The molecule has 0 unspecified atom stereocenters. The van der Waals surface area contributed by atoms with Crippen LogP contribution in [0.4, 0.5) is 0 Å². The van der Waals surface area contributed by atoms with E-state index in [-0.39, 0.29) is 28.8 Å². The third-order valence-electron chi connectivity index (χ3n) is 2.64. The molecule has 1 N–H and O–H groups in total. The highest BCUT2D eigenvalue weighted by molar-refractivity contribution is 7.91. The number of aliphatic hydroxyl groups excluding tert-OH is 1. The van der Waals surface area contributed by atoms with Crippen molar-refractivity contribution >= 4 is 31.5 Å². The van der Waals surface area contributed by atoms with E-state index in [1.54, 1.807) is 0 Å². The van der Waals surface area contributed by atoms with Crippen LogP contribution in [0, 0.1) is 0 Å². The summed E-state index contributed by atoms with van der Waals surface area (Å²) in [5, 5.41) is 9.06. The van der Waals surface area contributed by atoms with Gasteiger partial charge in [0.2, 0.25) is 10.0 Å². The number of nitrogens with zero attached hydrogens (tertiary/aromatic N) is 1. The van der Waals surface area contributed by atoms with Crippen molar-refractivity contribution in [3.8, 4) is 0 Å². The lowest BCUT2D eigenvalue weighted by Crippen LogP contribution is -2.31. The molecule has 0 heterocycles. The van der Waals surface area contributed by atoms with Crippen LogP contribution < -0.4 is 0 Å². The fourth-order valence-corrected chi connectivity index (χ4v) is 3.84. The minimum absolute atomic E-state index is 0.0217.